The van der Waals surface area contributed by atoms with Gasteiger partial charge in [0.1, 0.15) is 0 Å². The van der Waals surface area contributed by atoms with Crippen molar-refractivity contribution in [3.63, 3.8) is 0 Å². The Kier molecular flexibility index (Phi) is 3.03. The van der Waals surface area contributed by atoms with Crippen molar-refractivity contribution >= 4 is 19.6 Å². The van der Waals surface area contributed by atoms with Gasteiger partial charge in [-0.25, -0.2) is 0 Å². The number of allylic oxidation sites excluding steroid dienone is 3. The van der Waals surface area contributed by atoms with Gasteiger partial charge in [-0.15, -0.1) is 0 Å². The molecule has 17 heavy (non-hydrogen) atoms. The molecule has 88 valence electrons. The lowest BCUT2D eigenvalue weighted by Crippen LogP contribution is -2.36. The topological polar surface area (TPSA) is 3.24 Å². The van der Waals surface area contributed by atoms with Gasteiger partial charge in [-0.2, -0.15) is 0 Å². The maximum absolute atomic E-state index is 2.61. The Labute approximate surface area is 105 Å². The van der Waals surface area contributed by atoms with E-state index in [-0.39, 0.29) is 0 Å². The van der Waals surface area contributed by atoms with E-state index >= 15 is 0 Å². The molecule has 0 aromatic heterocycles. The predicted molar refractivity (Wildman–Crippen MR) is 77.6 cm³/mol. The van der Waals surface area contributed by atoms with Crippen LogP contribution >= 0.6 is 8.58 Å². The van der Waals surface area contributed by atoms with E-state index in [1.54, 1.807) is 0 Å². The molecule has 3 atom stereocenters. The van der Waals surface area contributed by atoms with E-state index in [4.69, 9.17) is 0 Å². The number of rotatable bonds is 1. The molecule has 0 bridgehead atoms. The van der Waals surface area contributed by atoms with Crippen LogP contribution in [0.25, 0.3) is 0 Å². The average molecular weight is 243 g/mol. The first-order valence-corrected chi connectivity index (χ1v) is 7.41. The summed E-state index contributed by atoms with van der Waals surface area (Å²) in [5.74, 6) is 0.653. The summed E-state index contributed by atoms with van der Waals surface area (Å²) >= 11 is 0. The molecule has 2 heteroatoms. The van der Waals surface area contributed by atoms with Gasteiger partial charge in [-0.1, -0.05) is 51.1 Å². The maximum atomic E-state index is 2.61. The molecule has 1 aliphatic heterocycles. The van der Waals surface area contributed by atoms with E-state index in [9.17, 15) is 0 Å². The standard InChI is InChI=1S/C15H18NP/c1-12-16(13-8-4-2-3-5-9-13)14-10-6-7-11-15(14)17-12/h2-4,6-8,10-13,17H,5,9H2,1H3. The van der Waals surface area contributed by atoms with Crippen LogP contribution in [0.5, 0.6) is 0 Å². The zero-order valence-corrected chi connectivity index (χ0v) is 11.1. The number of anilines is 1. The van der Waals surface area contributed by atoms with Crippen LogP contribution in [0, 0.1) is 0 Å². The zero-order chi connectivity index (χ0) is 11.7. The van der Waals surface area contributed by atoms with Gasteiger partial charge in [0.05, 0.1) is 0 Å². The molecule has 0 saturated heterocycles. The molecule has 0 fully saturated rings. The van der Waals surface area contributed by atoms with E-state index in [0.717, 1.165) is 8.58 Å². The summed E-state index contributed by atoms with van der Waals surface area (Å²) in [5, 5.41) is 1.53. The molecule has 0 N–H and O–H groups in total. The van der Waals surface area contributed by atoms with Gasteiger partial charge in [-0.05, 0) is 31.1 Å². The fraction of sp³-hybridized carbons (Fsp3) is 0.333. The van der Waals surface area contributed by atoms with E-state index in [0.29, 0.717) is 11.8 Å². The number of hydrogen-bond acceptors (Lipinski definition) is 1. The van der Waals surface area contributed by atoms with Crippen LogP contribution in [0.4, 0.5) is 5.69 Å². The molecule has 1 nitrogen and oxygen atoms in total. The fourth-order valence-corrected chi connectivity index (χ4v) is 4.22. The summed E-state index contributed by atoms with van der Waals surface area (Å²) in [4.78, 5) is 2.61. The summed E-state index contributed by atoms with van der Waals surface area (Å²) in [6.07, 6.45) is 11.4. The Hall–Kier alpha value is -1.07. The monoisotopic (exact) mass is 243 g/mol. The first kappa shape index (κ1) is 11.0. The Balaban J connectivity index is 1.92. The highest BCUT2D eigenvalue weighted by atomic mass is 31.1. The lowest BCUT2D eigenvalue weighted by atomic mass is 10.1. The molecule has 0 saturated carbocycles. The van der Waals surface area contributed by atoms with Crippen molar-refractivity contribution in [2.75, 3.05) is 4.90 Å². The highest BCUT2D eigenvalue weighted by Crippen LogP contribution is 2.39. The van der Waals surface area contributed by atoms with Crippen LogP contribution in [0.1, 0.15) is 19.8 Å². The van der Waals surface area contributed by atoms with E-state index in [1.165, 1.54) is 23.8 Å². The normalized spacial score (nSPS) is 28.4. The van der Waals surface area contributed by atoms with Crippen molar-refractivity contribution in [1.29, 1.82) is 0 Å². The maximum Gasteiger partial charge on any atom is 0.0485 e. The lowest BCUT2D eigenvalue weighted by Gasteiger charge is -2.31. The van der Waals surface area contributed by atoms with Crippen LogP contribution in [0.3, 0.4) is 0 Å². The summed E-state index contributed by atoms with van der Waals surface area (Å²) in [7, 11) is 0.928. The second-order valence-corrected chi connectivity index (χ2v) is 6.37. The van der Waals surface area contributed by atoms with Crippen molar-refractivity contribution in [3.8, 4) is 0 Å². The quantitative estimate of drug-likeness (QED) is 0.683. The molecule has 1 aromatic rings. The first-order valence-electron chi connectivity index (χ1n) is 6.33. The molecule has 0 spiro atoms. The van der Waals surface area contributed by atoms with Gasteiger partial charge in [0, 0.05) is 17.5 Å². The van der Waals surface area contributed by atoms with Gasteiger partial charge in [0.15, 0.2) is 0 Å². The third-order valence-electron chi connectivity index (χ3n) is 3.53. The van der Waals surface area contributed by atoms with Crippen LogP contribution in [-0.2, 0) is 0 Å². The third-order valence-corrected chi connectivity index (χ3v) is 4.96. The Bertz CT molecular complexity index is 464. The second kappa shape index (κ2) is 4.66. The molecular weight excluding hydrogens is 225 g/mol. The van der Waals surface area contributed by atoms with E-state index < -0.39 is 0 Å². The summed E-state index contributed by atoms with van der Waals surface area (Å²) in [5.41, 5.74) is 1.45. The van der Waals surface area contributed by atoms with E-state index in [2.05, 4.69) is 60.4 Å². The Morgan fingerprint density at radius 2 is 2.12 bits per heavy atom. The number of fused-ring (bicyclic) bond motifs is 1. The second-order valence-electron chi connectivity index (χ2n) is 4.70. The molecule has 1 aromatic carbocycles. The molecule has 3 rings (SSSR count). The fourth-order valence-electron chi connectivity index (χ4n) is 2.75. The molecule has 3 unspecified atom stereocenters. The van der Waals surface area contributed by atoms with Crippen molar-refractivity contribution in [1.82, 2.24) is 0 Å². The summed E-state index contributed by atoms with van der Waals surface area (Å²) < 4.78 is 0. The summed E-state index contributed by atoms with van der Waals surface area (Å²) in [6.45, 7) is 2.35. The first-order chi connectivity index (χ1) is 8.36. The number of para-hydroxylation sites is 1. The van der Waals surface area contributed by atoms with Gasteiger partial charge in [0.25, 0.3) is 0 Å². The highest BCUT2D eigenvalue weighted by molar-refractivity contribution is 7.49. The van der Waals surface area contributed by atoms with Gasteiger partial charge in [-0.3, -0.25) is 0 Å². The number of nitrogens with zero attached hydrogens (tertiary/aromatic N) is 1. The van der Waals surface area contributed by atoms with E-state index in [1.807, 2.05) is 0 Å². The molecular formula is C15H18NP. The molecule has 1 heterocycles. The third kappa shape index (κ3) is 2.05. The Morgan fingerprint density at radius 3 is 3.06 bits per heavy atom. The predicted octanol–water partition coefficient (Wildman–Crippen LogP) is 3.43. The van der Waals surface area contributed by atoms with Gasteiger partial charge in [0.2, 0.25) is 0 Å². The highest BCUT2D eigenvalue weighted by Gasteiger charge is 2.29. The minimum atomic E-state index is 0.566. The van der Waals surface area contributed by atoms with Crippen LogP contribution in [0.15, 0.2) is 48.6 Å². The van der Waals surface area contributed by atoms with Crippen LogP contribution in [0.2, 0.25) is 0 Å². The molecule has 0 radical (unpaired) electrons. The minimum Gasteiger partial charge on any atom is -0.358 e. The van der Waals surface area contributed by atoms with Crippen molar-refractivity contribution in [2.24, 2.45) is 0 Å². The minimum absolute atomic E-state index is 0.566. The average Bonchev–Trinajstić information content (AvgIpc) is 2.53. The molecule has 0 amide bonds. The molecule has 2 aliphatic rings. The van der Waals surface area contributed by atoms with Crippen LogP contribution < -0.4 is 10.2 Å². The van der Waals surface area contributed by atoms with Crippen LogP contribution in [-0.4, -0.2) is 11.8 Å². The smallest absolute Gasteiger partial charge is 0.0485 e. The zero-order valence-electron chi connectivity index (χ0n) is 10.1. The van der Waals surface area contributed by atoms with Crippen molar-refractivity contribution < 1.29 is 0 Å². The van der Waals surface area contributed by atoms with Gasteiger partial charge >= 0.3 is 0 Å². The van der Waals surface area contributed by atoms with Crippen molar-refractivity contribution in [2.45, 2.75) is 31.6 Å². The SMILES string of the molecule is CC1Pc2ccccc2N1C1C=CC=CCC1. The number of hydrogen-bond donors (Lipinski definition) is 0. The number of benzene rings is 1. The van der Waals surface area contributed by atoms with Crippen molar-refractivity contribution in [3.05, 3.63) is 48.6 Å². The van der Waals surface area contributed by atoms with Gasteiger partial charge < -0.3 is 4.90 Å². The molecule has 1 aliphatic carbocycles. The lowest BCUT2D eigenvalue weighted by molar-refractivity contribution is 0.644. The Morgan fingerprint density at radius 1 is 1.24 bits per heavy atom. The largest absolute Gasteiger partial charge is 0.358 e. The summed E-state index contributed by atoms with van der Waals surface area (Å²) in [6, 6.07) is 9.44.